The second-order valence-electron chi connectivity index (χ2n) is 15.3. The molecule has 10 heteroatoms. The van der Waals surface area contributed by atoms with Crippen LogP contribution in [0, 0.1) is 18.6 Å². The fraction of sp³-hybridized carbons (Fsp3) is 0.289. The van der Waals surface area contributed by atoms with Gasteiger partial charge in [-0.05, 0) is 143 Å². The van der Waals surface area contributed by atoms with Crippen molar-refractivity contribution >= 4 is 23.2 Å². The fourth-order valence-corrected chi connectivity index (χ4v) is 7.05. The maximum atomic E-state index is 13.8. The number of carbonyl (C=O) groups excluding carboxylic acids is 2. The first kappa shape index (κ1) is 34.8. The summed E-state index contributed by atoms with van der Waals surface area (Å²) in [6.07, 6.45) is 9.87. The maximum Gasteiger partial charge on any atom is 0.261 e. The topological polar surface area (TPSA) is 93.8 Å². The lowest BCUT2D eigenvalue weighted by atomic mass is 10.1. The van der Waals surface area contributed by atoms with Gasteiger partial charge in [0, 0.05) is 52.0 Å². The third-order valence-corrected chi connectivity index (χ3v) is 10.8. The first-order chi connectivity index (χ1) is 26.8. The van der Waals surface area contributed by atoms with Gasteiger partial charge in [-0.25, -0.2) is 18.1 Å². The Morgan fingerprint density at radius 1 is 0.564 bits per heavy atom. The van der Waals surface area contributed by atoms with Crippen LogP contribution in [0.3, 0.4) is 0 Å². The molecule has 2 N–H and O–H groups in total. The van der Waals surface area contributed by atoms with Crippen LogP contribution in [0.2, 0.25) is 0 Å². The molecule has 2 amide bonds. The number of benzene rings is 4. The largest absolute Gasteiger partial charge is 0.322 e. The van der Waals surface area contributed by atoms with Crippen molar-refractivity contribution in [1.82, 2.24) is 19.6 Å². The number of amides is 2. The van der Waals surface area contributed by atoms with E-state index in [1.807, 2.05) is 72.3 Å². The van der Waals surface area contributed by atoms with Crippen molar-refractivity contribution in [3.05, 3.63) is 154 Å². The summed E-state index contributed by atoms with van der Waals surface area (Å²) < 4.78 is 31.7. The van der Waals surface area contributed by atoms with E-state index in [1.165, 1.54) is 74.5 Å². The predicted molar refractivity (Wildman–Crippen MR) is 208 cm³/mol. The number of nitrogens with zero attached hydrogens (tertiary/aromatic N) is 4. The molecule has 4 saturated carbocycles. The van der Waals surface area contributed by atoms with Crippen LogP contribution in [-0.2, 0) is 0 Å². The molecule has 4 aromatic carbocycles. The highest BCUT2D eigenvalue weighted by Gasteiger charge is 2.34. The lowest BCUT2D eigenvalue weighted by molar-refractivity contribution is 0.101. The van der Waals surface area contributed by atoms with Crippen molar-refractivity contribution in [2.45, 2.75) is 82.0 Å². The molecule has 0 spiro atoms. The number of rotatable bonds is 10. The summed E-state index contributed by atoms with van der Waals surface area (Å²) in [5.41, 5.74) is 9.35. The molecule has 55 heavy (non-hydrogen) atoms. The Morgan fingerprint density at radius 2 is 1.00 bits per heavy atom. The molecule has 2 heterocycles. The van der Waals surface area contributed by atoms with Gasteiger partial charge in [-0.15, -0.1) is 0 Å². The van der Waals surface area contributed by atoms with Crippen molar-refractivity contribution in [3.8, 4) is 11.4 Å². The van der Waals surface area contributed by atoms with Crippen molar-refractivity contribution in [1.29, 1.82) is 0 Å². The predicted octanol–water partition coefficient (Wildman–Crippen LogP) is 10.3. The van der Waals surface area contributed by atoms with Gasteiger partial charge in [0.2, 0.25) is 0 Å². The van der Waals surface area contributed by atoms with E-state index in [2.05, 4.69) is 27.4 Å². The molecule has 0 atom stereocenters. The van der Waals surface area contributed by atoms with Crippen LogP contribution in [0.4, 0.5) is 20.2 Å². The first-order valence-corrected chi connectivity index (χ1v) is 19.3. The normalized spacial score (nSPS) is 16.3. The number of halogens is 2. The van der Waals surface area contributed by atoms with Crippen LogP contribution in [0.25, 0.3) is 11.4 Å². The van der Waals surface area contributed by atoms with E-state index >= 15 is 0 Å². The third-order valence-electron chi connectivity index (χ3n) is 10.8. The van der Waals surface area contributed by atoms with Gasteiger partial charge in [0.1, 0.15) is 17.2 Å². The van der Waals surface area contributed by atoms with Crippen molar-refractivity contribution in [2.24, 2.45) is 0 Å². The average Bonchev–Trinajstić information content (AvgIpc) is 3.98. The molecule has 0 radical (unpaired) electrons. The molecule has 6 aromatic rings. The smallest absolute Gasteiger partial charge is 0.261 e. The SMILES string of the molecule is Cc1ccccc1C(=O)Nc1ccc(-n2nc(C3CC3)cc2C2CC2)cc1.O=C(Nc1ccc(-n2nc(C3CC3)cc2C2CC2)cc1)c1c(F)cccc1F. The Kier molecular flexibility index (Phi) is 9.12. The van der Waals surface area contributed by atoms with Crippen LogP contribution in [0.1, 0.15) is 124 Å². The van der Waals surface area contributed by atoms with E-state index in [-0.39, 0.29) is 5.91 Å². The lowest BCUT2D eigenvalue weighted by Crippen LogP contribution is -2.15. The van der Waals surface area contributed by atoms with Gasteiger partial charge in [0.05, 0.1) is 22.8 Å². The number of aryl methyl sites for hydroxylation is 1. The monoisotopic (exact) mass is 736 g/mol. The zero-order valence-corrected chi connectivity index (χ0v) is 30.6. The van der Waals surface area contributed by atoms with Crippen LogP contribution >= 0.6 is 0 Å². The van der Waals surface area contributed by atoms with Gasteiger partial charge in [0.15, 0.2) is 0 Å². The number of hydrogen-bond donors (Lipinski definition) is 2. The van der Waals surface area contributed by atoms with Gasteiger partial charge in [0.25, 0.3) is 11.8 Å². The minimum Gasteiger partial charge on any atom is -0.322 e. The number of nitrogens with one attached hydrogen (secondary N) is 2. The molecule has 0 saturated heterocycles. The summed E-state index contributed by atoms with van der Waals surface area (Å²) in [7, 11) is 0. The summed E-state index contributed by atoms with van der Waals surface area (Å²) >= 11 is 0. The summed E-state index contributed by atoms with van der Waals surface area (Å²) in [6, 6.07) is 30.7. The van der Waals surface area contributed by atoms with E-state index in [0.717, 1.165) is 40.5 Å². The zero-order chi connectivity index (χ0) is 37.6. The van der Waals surface area contributed by atoms with Gasteiger partial charge in [-0.3, -0.25) is 9.59 Å². The van der Waals surface area contributed by atoms with E-state index < -0.39 is 23.1 Å². The molecule has 0 bridgehead atoms. The first-order valence-electron chi connectivity index (χ1n) is 19.3. The van der Waals surface area contributed by atoms with E-state index in [9.17, 15) is 18.4 Å². The standard InChI is InChI=1S/C23H23N3O.C22H19F2N3O/c1-15-4-2-3-5-20(15)23(27)24-18-10-12-19(13-11-18)26-22(17-8-9-17)14-21(25-26)16-6-7-16;23-17-2-1-3-18(24)21(17)22(28)25-15-8-10-16(11-9-15)27-20(14-6-7-14)12-19(26-27)13-4-5-13/h2-5,10-14,16-17H,6-9H2,1H3,(H,24,27);1-3,8-14H,4-7H2,(H,25,28). The van der Waals surface area contributed by atoms with Gasteiger partial charge in [-0.2, -0.15) is 10.2 Å². The van der Waals surface area contributed by atoms with Gasteiger partial charge < -0.3 is 10.6 Å². The van der Waals surface area contributed by atoms with Crippen LogP contribution < -0.4 is 10.6 Å². The second-order valence-corrected chi connectivity index (χ2v) is 15.3. The Hall–Kier alpha value is -5.90. The maximum absolute atomic E-state index is 13.8. The Morgan fingerprint density at radius 3 is 1.44 bits per heavy atom. The second kappa shape index (κ2) is 14.4. The summed E-state index contributed by atoms with van der Waals surface area (Å²) in [5.74, 6) is -0.162. The van der Waals surface area contributed by atoms with Crippen LogP contribution in [0.5, 0.6) is 0 Å². The Bertz CT molecular complexity index is 2360. The average molecular weight is 737 g/mol. The number of anilines is 2. The van der Waals surface area contributed by atoms with E-state index in [4.69, 9.17) is 10.2 Å². The molecule has 0 unspecified atom stereocenters. The van der Waals surface area contributed by atoms with E-state index in [0.29, 0.717) is 34.9 Å². The van der Waals surface area contributed by atoms with Crippen LogP contribution in [0.15, 0.2) is 103 Å². The Labute approximate surface area is 318 Å². The molecule has 8 nitrogen and oxygen atoms in total. The number of aromatic nitrogens is 4. The zero-order valence-electron chi connectivity index (χ0n) is 30.6. The highest BCUT2D eigenvalue weighted by Crippen LogP contribution is 2.46. The minimum atomic E-state index is -0.882. The molecular weight excluding hydrogens is 695 g/mol. The summed E-state index contributed by atoms with van der Waals surface area (Å²) in [5, 5.41) is 15.2. The molecule has 10 rings (SSSR count). The highest BCUT2D eigenvalue weighted by atomic mass is 19.1. The van der Waals surface area contributed by atoms with E-state index in [1.54, 1.807) is 12.1 Å². The third kappa shape index (κ3) is 7.72. The number of hydrogen-bond acceptors (Lipinski definition) is 4. The quantitative estimate of drug-likeness (QED) is 0.146. The molecular formula is C45H42F2N6O2. The number of carbonyl (C=O) groups is 2. The molecule has 4 aliphatic carbocycles. The lowest BCUT2D eigenvalue weighted by Gasteiger charge is -2.10. The van der Waals surface area contributed by atoms with Crippen molar-refractivity contribution in [3.63, 3.8) is 0 Å². The Balaban J connectivity index is 0.000000144. The minimum absolute atomic E-state index is 0.0744. The molecule has 278 valence electrons. The molecule has 4 fully saturated rings. The summed E-state index contributed by atoms with van der Waals surface area (Å²) in [4.78, 5) is 24.7. The van der Waals surface area contributed by atoms with Crippen LogP contribution in [-0.4, -0.2) is 31.4 Å². The fourth-order valence-electron chi connectivity index (χ4n) is 7.05. The van der Waals surface area contributed by atoms with Crippen molar-refractivity contribution < 1.29 is 18.4 Å². The molecule has 0 aliphatic heterocycles. The summed E-state index contributed by atoms with van der Waals surface area (Å²) in [6.45, 7) is 1.95. The van der Waals surface area contributed by atoms with Crippen molar-refractivity contribution in [2.75, 3.05) is 10.6 Å². The van der Waals surface area contributed by atoms with Gasteiger partial charge in [-0.1, -0.05) is 24.3 Å². The molecule has 4 aliphatic rings. The highest BCUT2D eigenvalue weighted by molar-refractivity contribution is 6.05. The molecule has 2 aromatic heterocycles. The van der Waals surface area contributed by atoms with Gasteiger partial charge >= 0.3 is 0 Å².